The van der Waals surface area contributed by atoms with E-state index in [0.717, 1.165) is 9.13 Å². The minimum Gasteiger partial charge on any atom is -0.490 e. The van der Waals surface area contributed by atoms with Crippen molar-refractivity contribution in [2.24, 2.45) is 4.99 Å². The van der Waals surface area contributed by atoms with E-state index in [1.807, 2.05) is 31.2 Å². The van der Waals surface area contributed by atoms with Crippen molar-refractivity contribution < 1.29 is 23.9 Å². The second-order valence-electron chi connectivity index (χ2n) is 7.72. The zero-order chi connectivity index (χ0) is 25.8. The number of hydrogen-bond acceptors (Lipinski definition) is 7. The molecule has 3 aromatic carbocycles. The number of nitro benzene ring substituents is 1. The number of benzene rings is 3. The van der Waals surface area contributed by atoms with Gasteiger partial charge in [0.1, 0.15) is 6.61 Å². The summed E-state index contributed by atoms with van der Waals surface area (Å²) in [5, 5.41) is 11.3. The maximum absolute atomic E-state index is 12.5. The van der Waals surface area contributed by atoms with Crippen LogP contribution in [0.15, 0.2) is 69.8 Å². The number of esters is 1. The smallest absolute Gasteiger partial charge is 0.363 e. The molecule has 36 heavy (non-hydrogen) atoms. The third kappa shape index (κ3) is 5.76. The predicted octanol–water partition coefficient (Wildman–Crippen LogP) is 6.59. The fraction of sp³-hybridized carbons (Fsp3) is 0.154. The number of aliphatic imine (C=N–C) groups is 1. The van der Waals surface area contributed by atoms with E-state index in [1.54, 1.807) is 31.2 Å². The van der Waals surface area contributed by atoms with Crippen molar-refractivity contribution in [2.75, 3.05) is 6.61 Å². The van der Waals surface area contributed by atoms with E-state index in [4.69, 9.17) is 14.2 Å². The number of ether oxygens (including phenoxy) is 3. The van der Waals surface area contributed by atoms with Crippen LogP contribution in [0.3, 0.4) is 0 Å². The van der Waals surface area contributed by atoms with Crippen LogP contribution in [0.2, 0.25) is 0 Å². The minimum absolute atomic E-state index is 0.0222. The van der Waals surface area contributed by atoms with Crippen molar-refractivity contribution in [3.8, 4) is 11.5 Å². The Bertz CT molecular complexity index is 1420. The van der Waals surface area contributed by atoms with Gasteiger partial charge in [-0.1, -0.05) is 18.2 Å². The first-order valence-electron chi connectivity index (χ1n) is 10.9. The Kier molecular flexibility index (Phi) is 8.04. The van der Waals surface area contributed by atoms with Gasteiger partial charge in [-0.25, -0.2) is 9.79 Å². The van der Waals surface area contributed by atoms with Gasteiger partial charge in [0.2, 0.25) is 5.90 Å². The highest BCUT2D eigenvalue weighted by Gasteiger charge is 2.27. The molecule has 1 heterocycles. The highest BCUT2D eigenvalue weighted by Crippen LogP contribution is 2.38. The van der Waals surface area contributed by atoms with E-state index in [0.29, 0.717) is 45.9 Å². The Morgan fingerprint density at radius 2 is 1.94 bits per heavy atom. The molecule has 0 amide bonds. The fourth-order valence-electron chi connectivity index (χ4n) is 3.59. The average molecular weight is 663 g/mol. The molecule has 0 atom stereocenters. The molecular weight excluding hydrogens is 643 g/mol. The molecule has 0 saturated heterocycles. The van der Waals surface area contributed by atoms with Gasteiger partial charge in [0.15, 0.2) is 17.2 Å². The van der Waals surface area contributed by atoms with E-state index in [9.17, 15) is 14.9 Å². The average Bonchev–Trinajstić information content (AvgIpc) is 3.18. The number of carbonyl (C=O) groups is 1. The van der Waals surface area contributed by atoms with E-state index in [1.165, 1.54) is 12.1 Å². The molecule has 0 N–H and O–H groups in total. The molecule has 0 fully saturated rings. The first-order chi connectivity index (χ1) is 17.3. The van der Waals surface area contributed by atoms with Gasteiger partial charge in [-0.05, 0) is 99.9 Å². The highest BCUT2D eigenvalue weighted by molar-refractivity contribution is 14.1. The van der Waals surface area contributed by atoms with Gasteiger partial charge in [0.05, 0.1) is 16.0 Å². The quantitative estimate of drug-likeness (QED) is 0.0887. The summed E-state index contributed by atoms with van der Waals surface area (Å²) < 4.78 is 19.0. The second kappa shape index (κ2) is 11.2. The zero-order valence-corrected chi connectivity index (χ0v) is 23.0. The van der Waals surface area contributed by atoms with Gasteiger partial charge in [-0.2, -0.15) is 0 Å². The molecule has 1 aliphatic rings. The van der Waals surface area contributed by atoms with Crippen LogP contribution in [-0.2, 0) is 16.1 Å². The lowest BCUT2D eigenvalue weighted by molar-refractivity contribution is -0.385. The zero-order valence-electron chi connectivity index (χ0n) is 19.3. The van der Waals surface area contributed by atoms with Gasteiger partial charge in [-0.15, -0.1) is 0 Å². The molecule has 4 rings (SSSR count). The summed E-state index contributed by atoms with van der Waals surface area (Å²) in [6.07, 6.45) is 1.57. The molecule has 0 unspecified atom stereocenters. The molecule has 8 nitrogen and oxygen atoms in total. The lowest BCUT2D eigenvalue weighted by atomic mass is 10.1. The Morgan fingerprint density at radius 1 is 1.17 bits per heavy atom. The SMILES string of the molecule is CCOc1cc(/C=C2\N=C(c3cccc([N+](=O)[O-])c3C)OC2=O)cc(Br)c1OCc1cccc(I)c1. The van der Waals surface area contributed by atoms with Crippen molar-refractivity contribution in [3.63, 3.8) is 0 Å². The fourth-order valence-corrected chi connectivity index (χ4v) is 4.77. The maximum Gasteiger partial charge on any atom is 0.363 e. The topological polar surface area (TPSA) is 100 Å². The second-order valence-corrected chi connectivity index (χ2v) is 9.82. The van der Waals surface area contributed by atoms with Crippen molar-refractivity contribution in [2.45, 2.75) is 20.5 Å². The summed E-state index contributed by atoms with van der Waals surface area (Å²) in [5.41, 5.74) is 2.41. The summed E-state index contributed by atoms with van der Waals surface area (Å²) in [6, 6.07) is 16.1. The van der Waals surface area contributed by atoms with Crippen LogP contribution in [0.1, 0.15) is 29.2 Å². The lowest BCUT2D eigenvalue weighted by Crippen LogP contribution is -2.08. The highest BCUT2D eigenvalue weighted by atomic mass is 127. The monoisotopic (exact) mass is 662 g/mol. The Balaban J connectivity index is 1.64. The van der Waals surface area contributed by atoms with Crippen LogP contribution in [0.5, 0.6) is 11.5 Å². The van der Waals surface area contributed by atoms with Crippen LogP contribution in [0.25, 0.3) is 6.08 Å². The summed E-state index contributed by atoms with van der Waals surface area (Å²) in [5.74, 6) is 0.427. The van der Waals surface area contributed by atoms with Crippen molar-refractivity contribution >= 4 is 62.2 Å². The number of halogens is 2. The minimum atomic E-state index is -0.649. The Hall–Kier alpha value is -3.25. The molecule has 0 saturated carbocycles. The number of nitro groups is 1. The predicted molar refractivity (Wildman–Crippen MR) is 147 cm³/mol. The number of rotatable bonds is 8. The van der Waals surface area contributed by atoms with Crippen LogP contribution >= 0.6 is 38.5 Å². The molecule has 0 spiro atoms. The molecule has 3 aromatic rings. The third-order valence-corrected chi connectivity index (χ3v) is 6.52. The van der Waals surface area contributed by atoms with Gasteiger partial charge in [0.25, 0.3) is 5.69 Å². The van der Waals surface area contributed by atoms with Gasteiger partial charge in [0, 0.05) is 20.8 Å². The molecule has 10 heteroatoms. The maximum atomic E-state index is 12.5. The van der Waals surface area contributed by atoms with Gasteiger partial charge >= 0.3 is 5.97 Å². The Morgan fingerprint density at radius 3 is 2.67 bits per heavy atom. The first-order valence-corrected chi connectivity index (χ1v) is 12.7. The number of hydrogen-bond donors (Lipinski definition) is 0. The lowest BCUT2D eigenvalue weighted by Gasteiger charge is -2.15. The molecular formula is C26H20BrIN2O6. The molecule has 0 aliphatic carbocycles. The molecule has 0 radical (unpaired) electrons. The standard InChI is InChI=1S/C26H20BrIN2O6/c1-3-34-23-13-17(11-20(27)24(23)35-14-16-6-4-7-18(28)10-16)12-21-26(31)36-25(29-21)19-8-5-9-22(15(19)2)30(32)33/h4-13H,3,14H2,1-2H3/b21-12-. The molecule has 0 bridgehead atoms. The van der Waals surface area contributed by atoms with E-state index < -0.39 is 10.9 Å². The van der Waals surface area contributed by atoms with E-state index >= 15 is 0 Å². The van der Waals surface area contributed by atoms with Crippen LogP contribution in [0.4, 0.5) is 5.69 Å². The Labute approximate surface area is 229 Å². The summed E-state index contributed by atoms with van der Waals surface area (Å²) in [7, 11) is 0. The number of cyclic esters (lactones) is 1. The van der Waals surface area contributed by atoms with Crippen molar-refractivity contribution in [3.05, 3.63) is 101 Å². The van der Waals surface area contributed by atoms with E-state index in [2.05, 4.69) is 43.5 Å². The molecule has 184 valence electrons. The van der Waals surface area contributed by atoms with Crippen LogP contribution in [0, 0.1) is 20.6 Å². The van der Waals surface area contributed by atoms with Crippen molar-refractivity contribution in [1.29, 1.82) is 0 Å². The summed E-state index contributed by atoms with van der Waals surface area (Å²) in [4.78, 5) is 27.6. The first kappa shape index (κ1) is 25.8. The molecule has 1 aliphatic heterocycles. The van der Waals surface area contributed by atoms with E-state index in [-0.39, 0.29) is 17.3 Å². The van der Waals surface area contributed by atoms with Gasteiger partial charge < -0.3 is 14.2 Å². The summed E-state index contributed by atoms with van der Waals surface area (Å²) >= 11 is 5.80. The molecule has 0 aromatic heterocycles. The largest absolute Gasteiger partial charge is 0.490 e. The van der Waals surface area contributed by atoms with Crippen LogP contribution in [-0.4, -0.2) is 23.4 Å². The normalized spacial score (nSPS) is 13.9. The number of carbonyl (C=O) groups excluding carboxylic acids is 1. The van der Waals surface area contributed by atoms with Gasteiger partial charge in [-0.3, -0.25) is 10.1 Å². The summed E-state index contributed by atoms with van der Waals surface area (Å²) in [6.45, 7) is 4.24. The van der Waals surface area contributed by atoms with Crippen LogP contribution < -0.4 is 9.47 Å². The third-order valence-electron chi connectivity index (χ3n) is 5.26. The number of nitrogens with zero attached hydrogens (tertiary/aromatic N) is 2. The van der Waals surface area contributed by atoms with Crippen molar-refractivity contribution in [1.82, 2.24) is 0 Å².